The molecule has 1 rings (SSSR count). The molecule has 0 saturated heterocycles. The van der Waals surface area contributed by atoms with Gasteiger partial charge in [0.1, 0.15) is 0 Å². The van der Waals surface area contributed by atoms with Gasteiger partial charge in [-0.3, -0.25) is 9.78 Å². The molecule has 94 valence electrons. The molecule has 3 N–H and O–H groups in total. The van der Waals surface area contributed by atoms with Gasteiger partial charge < -0.3 is 11.1 Å². The molecular formula is C12H19N3OS. The minimum Gasteiger partial charge on any atom is -0.368 e. The minimum atomic E-state index is -0.616. The lowest BCUT2D eigenvalue weighted by molar-refractivity contribution is -0.123. The van der Waals surface area contributed by atoms with Crippen molar-refractivity contribution >= 4 is 17.7 Å². The summed E-state index contributed by atoms with van der Waals surface area (Å²) in [4.78, 5) is 16.5. The van der Waals surface area contributed by atoms with Crippen molar-refractivity contribution in [3.63, 3.8) is 0 Å². The van der Waals surface area contributed by atoms with Crippen molar-refractivity contribution in [3.05, 3.63) is 24.5 Å². The molecule has 4 nitrogen and oxygen atoms in total. The number of likely N-dealkylation sites (N-methyl/N-ethyl adjacent to an activating group) is 1. The number of thioether (sulfide) groups is 1. The first kappa shape index (κ1) is 14.0. The van der Waals surface area contributed by atoms with E-state index >= 15 is 0 Å². The summed E-state index contributed by atoms with van der Waals surface area (Å²) in [5.74, 6) is 0.547. The molecule has 1 aromatic heterocycles. The van der Waals surface area contributed by atoms with Crippen molar-refractivity contribution < 1.29 is 4.79 Å². The molecule has 1 unspecified atom stereocenters. The molecule has 0 spiro atoms. The summed E-state index contributed by atoms with van der Waals surface area (Å²) in [7, 11) is 0. The molecule has 1 atom stereocenters. The van der Waals surface area contributed by atoms with E-state index in [0.717, 1.165) is 17.2 Å². The molecule has 17 heavy (non-hydrogen) atoms. The Morgan fingerprint density at radius 3 is 2.71 bits per heavy atom. The molecule has 0 aliphatic carbocycles. The number of nitrogens with zero attached hydrogens (tertiary/aromatic N) is 1. The largest absolute Gasteiger partial charge is 0.368 e. The van der Waals surface area contributed by atoms with Gasteiger partial charge in [0, 0.05) is 23.0 Å². The Hall–Kier alpha value is -1.07. The minimum absolute atomic E-state index is 0.297. The van der Waals surface area contributed by atoms with Crippen LogP contribution >= 0.6 is 11.8 Å². The second kappa shape index (κ2) is 6.61. The van der Waals surface area contributed by atoms with Crippen LogP contribution < -0.4 is 11.1 Å². The van der Waals surface area contributed by atoms with Crippen molar-refractivity contribution in [2.45, 2.75) is 30.7 Å². The van der Waals surface area contributed by atoms with Crippen LogP contribution in [0.3, 0.4) is 0 Å². The van der Waals surface area contributed by atoms with E-state index in [4.69, 9.17) is 5.73 Å². The molecule has 1 heterocycles. The van der Waals surface area contributed by atoms with E-state index in [1.54, 1.807) is 24.2 Å². The maximum Gasteiger partial charge on any atom is 0.237 e. The molecule has 0 aromatic carbocycles. The number of carbonyl (C=O) groups excluding carboxylic acids is 1. The van der Waals surface area contributed by atoms with E-state index in [2.05, 4.69) is 10.3 Å². The monoisotopic (exact) mass is 253 g/mol. The Morgan fingerprint density at radius 2 is 2.18 bits per heavy atom. The van der Waals surface area contributed by atoms with Crippen LogP contribution in [-0.4, -0.2) is 28.7 Å². The first-order valence-electron chi connectivity index (χ1n) is 5.66. The molecule has 5 heteroatoms. The number of rotatable bonds is 7. The van der Waals surface area contributed by atoms with Crippen molar-refractivity contribution in [3.8, 4) is 0 Å². The van der Waals surface area contributed by atoms with Gasteiger partial charge in [0.25, 0.3) is 0 Å². The number of primary amides is 1. The van der Waals surface area contributed by atoms with Crippen molar-refractivity contribution in [2.24, 2.45) is 5.73 Å². The van der Waals surface area contributed by atoms with E-state index in [-0.39, 0.29) is 5.91 Å². The SMILES string of the molecule is CCNC(C)(CCSc1ccncc1)C(N)=O. The lowest BCUT2D eigenvalue weighted by atomic mass is 9.98. The third-order valence-corrected chi connectivity index (χ3v) is 3.65. The lowest BCUT2D eigenvalue weighted by Crippen LogP contribution is -2.53. The van der Waals surface area contributed by atoms with Gasteiger partial charge in [0.15, 0.2) is 0 Å². The zero-order valence-electron chi connectivity index (χ0n) is 10.3. The lowest BCUT2D eigenvalue weighted by Gasteiger charge is -2.26. The molecule has 0 bridgehead atoms. The molecule has 0 aliphatic heterocycles. The van der Waals surface area contributed by atoms with Gasteiger partial charge in [0.05, 0.1) is 5.54 Å². The van der Waals surface area contributed by atoms with Gasteiger partial charge in [-0.2, -0.15) is 0 Å². The first-order chi connectivity index (χ1) is 8.08. The summed E-state index contributed by atoms with van der Waals surface area (Å²) in [5, 5.41) is 3.14. The van der Waals surface area contributed by atoms with Crippen LogP contribution in [-0.2, 0) is 4.79 Å². The average molecular weight is 253 g/mol. The van der Waals surface area contributed by atoms with Crippen LogP contribution in [0.25, 0.3) is 0 Å². The van der Waals surface area contributed by atoms with Gasteiger partial charge in [-0.05, 0) is 32.0 Å². The quantitative estimate of drug-likeness (QED) is 0.721. The zero-order chi connectivity index (χ0) is 12.7. The maximum atomic E-state index is 11.4. The second-order valence-corrected chi connectivity index (χ2v) is 5.18. The third-order valence-electron chi connectivity index (χ3n) is 2.63. The van der Waals surface area contributed by atoms with Crippen molar-refractivity contribution in [1.82, 2.24) is 10.3 Å². The number of carbonyl (C=O) groups is 1. The average Bonchev–Trinajstić information content (AvgIpc) is 2.30. The maximum absolute atomic E-state index is 11.4. The predicted octanol–water partition coefficient (Wildman–Crippen LogP) is 1.42. The van der Waals surface area contributed by atoms with Crippen molar-refractivity contribution in [1.29, 1.82) is 0 Å². The number of pyridine rings is 1. The van der Waals surface area contributed by atoms with Crippen LogP contribution in [0.4, 0.5) is 0 Å². The normalized spacial score (nSPS) is 14.2. The Kier molecular flexibility index (Phi) is 5.44. The van der Waals surface area contributed by atoms with Gasteiger partial charge in [-0.25, -0.2) is 0 Å². The van der Waals surface area contributed by atoms with E-state index < -0.39 is 5.54 Å². The predicted molar refractivity (Wildman–Crippen MR) is 70.9 cm³/mol. The zero-order valence-corrected chi connectivity index (χ0v) is 11.1. The number of amides is 1. The number of nitrogens with one attached hydrogen (secondary N) is 1. The Morgan fingerprint density at radius 1 is 1.53 bits per heavy atom. The summed E-state index contributed by atoms with van der Waals surface area (Å²) in [5.41, 5.74) is 4.80. The Labute approximate surface area is 106 Å². The smallest absolute Gasteiger partial charge is 0.237 e. The van der Waals surface area contributed by atoms with Crippen LogP contribution in [0.1, 0.15) is 20.3 Å². The number of hydrogen-bond donors (Lipinski definition) is 2. The molecule has 1 amide bonds. The fourth-order valence-corrected chi connectivity index (χ4v) is 2.56. The van der Waals surface area contributed by atoms with E-state index in [1.165, 1.54) is 0 Å². The summed E-state index contributed by atoms with van der Waals surface area (Å²) in [6.45, 7) is 4.56. The number of hydrogen-bond acceptors (Lipinski definition) is 4. The first-order valence-corrected chi connectivity index (χ1v) is 6.65. The van der Waals surface area contributed by atoms with E-state index in [9.17, 15) is 4.79 Å². The summed E-state index contributed by atoms with van der Waals surface area (Å²) in [6.07, 6.45) is 4.24. The summed E-state index contributed by atoms with van der Waals surface area (Å²) >= 11 is 1.70. The van der Waals surface area contributed by atoms with Crippen LogP contribution in [0.5, 0.6) is 0 Å². The highest BCUT2D eigenvalue weighted by Crippen LogP contribution is 2.21. The molecule has 0 fully saturated rings. The van der Waals surface area contributed by atoms with Crippen LogP contribution in [0, 0.1) is 0 Å². The van der Waals surface area contributed by atoms with Gasteiger partial charge in [-0.15, -0.1) is 11.8 Å². The fourth-order valence-electron chi connectivity index (χ4n) is 1.50. The van der Waals surface area contributed by atoms with Gasteiger partial charge in [0.2, 0.25) is 5.91 Å². The second-order valence-electron chi connectivity index (χ2n) is 4.01. The number of nitrogens with two attached hydrogens (primary N) is 1. The third kappa shape index (κ3) is 4.36. The standard InChI is InChI=1S/C12H19N3OS/c1-3-15-12(2,11(13)16)6-9-17-10-4-7-14-8-5-10/h4-5,7-8,15H,3,6,9H2,1-2H3,(H2,13,16). The molecule has 0 radical (unpaired) electrons. The molecule has 0 aliphatic rings. The van der Waals surface area contributed by atoms with Crippen LogP contribution in [0.2, 0.25) is 0 Å². The Bertz CT molecular complexity index is 358. The molecule has 0 saturated carbocycles. The Balaban J connectivity index is 2.45. The molecule has 1 aromatic rings. The van der Waals surface area contributed by atoms with Gasteiger partial charge in [-0.1, -0.05) is 6.92 Å². The molecular weight excluding hydrogens is 234 g/mol. The fraction of sp³-hybridized carbons (Fsp3) is 0.500. The van der Waals surface area contributed by atoms with Crippen molar-refractivity contribution in [2.75, 3.05) is 12.3 Å². The highest BCUT2D eigenvalue weighted by molar-refractivity contribution is 7.99. The topological polar surface area (TPSA) is 68.0 Å². The highest BCUT2D eigenvalue weighted by atomic mass is 32.2. The summed E-state index contributed by atoms with van der Waals surface area (Å²) in [6, 6.07) is 3.92. The van der Waals surface area contributed by atoms with Crippen LogP contribution in [0.15, 0.2) is 29.4 Å². The highest BCUT2D eigenvalue weighted by Gasteiger charge is 2.29. The summed E-state index contributed by atoms with van der Waals surface area (Å²) < 4.78 is 0. The number of aromatic nitrogens is 1. The van der Waals surface area contributed by atoms with E-state index in [1.807, 2.05) is 26.0 Å². The van der Waals surface area contributed by atoms with Gasteiger partial charge >= 0.3 is 0 Å². The van der Waals surface area contributed by atoms with E-state index in [0.29, 0.717) is 6.42 Å².